The Balaban J connectivity index is 1.80. The van der Waals surface area contributed by atoms with Crippen LogP contribution in [0.4, 0.5) is 4.79 Å². The molecule has 0 saturated carbocycles. The molecule has 24 heavy (non-hydrogen) atoms. The van der Waals surface area contributed by atoms with E-state index in [0.29, 0.717) is 11.4 Å². The highest BCUT2D eigenvalue weighted by Gasteiger charge is 2.35. The maximum Gasteiger partial charge on any atom is 0.293 e. The molecule has 2 amide bonds. The van der Waals surface area contributed by atoms with E-state index in [9.17, 15) is 9.59 Å². The second kappa shape index (κ2) is 7.05. The van der Waals surface area contributed by atoms with E-state index < -0.39 is 0 Å². The second-order valence-corrected chi connectivity index (χ2v) is 6.78. The number of benzene rings is 2. The Bertz CT molecular complexity index is 809. The maximum atomic E-state index is 12.6. The van der Waals surface area contributed by atoms with Crippen LogP contribution < -0.4 is 0 Å². The average molecular weight is 337 g/mol. The van der Waals surface area contributed by atoms with Crippen molar-refractivity contribution < 1.29 is 9.59 Å². The van der Waals surface area contributed by atoms with Gasteiger partial charge in [0.2, 0.25) is 0 Å². The molecule has 122 valence electrons. The fourth-order valence-corrected chi connectivity index (χ4v) is 3.43. The number of nitrogens with zero attached hydrogens (tertiary/aromatic N) is 1. The zero-order chi connectivity index (χ0) is 17.1. The van der Waals surface area contributed by atoms with Gasteiger partial charge in [-0.3, -0.25) is 14.5 Å². The van der Waals surface area contributed by atoms with E-state index >= 15 is 0 Å². The molecule has 0 atom stereocenters. The Hall–Kier alpha value is -2.33. The van der Waals surface area contributed by atoms with Crippen LogP contribution in [0.1, 0.15) is 29.2 Å². The van der Waals surface area contributed by atoms with Crippen LogP contribution in [-0.2, 0) is 17.8 Å². The van der Waals surface area contributed by atoms with Crippen LogP contribution in [0.5, 0.6) is 0 Å². The minimum atomic E-state index is -0.215. The van der Waals surface area contributed by atoms with Gasteiger partial charge in [-0.05, 0) is 53.4 Å². The number of carbonyl (C=O) groups is 2. The van der Waals surface area contributed by atoms with E-state index in [0.717, 1.165) is 34.9 Å². The number of amides is 2. The third-order valence-corrected chi connectivity index (χ3v) is 5.06. The predicted molar refractivity (Wildman–Crippen MR) is 98.5 cm³/mol. The van der Waals surface area contributed by atoms with Gasteiger partial charge in [0.15, 0.2) is 0 Å². The molecule has 2 aromatic carbocycles. The molecular weight excluding hydrogens is 318 g/mol. The van der Waals surface area contributed by atoms with Crippen LogP contribution in [0.2, 0.25) is 0 Å². The summed E-state index contributed by atoms with van der Waals surface area (Å²) < 4.78 is 0. The lowest BCUT2D eigenvalue weighted by molar-refractivity contribution is -0.123. The van der Waals surface area contributed by atoms with Gasteiger partial charge in [0.1, 0.15) is 0 Å². The molecule has 3 rings (SSSR count). The molecule has 0 unspecified atom stereocenters. The Morgan fingerprint density at radius 2 is 1.75 bits per heavy atom. The van der Waals surface area contributed by atoms with Gasteiger partial charge in [0.05, 0.1) is 11.4 Å². The van der Waals surface area contributed by atoms with Crippen LogP contribution in [-0.4, -0.2) is 16.0 Å². The summed E-state index contributed by atoms with van der Waals surface area (Å²) in [7, 11) is 0. The van der Waals surface area contributed by atoms with E-state index in [4.69, 9.17) is 0 Å². The first kappa shape index (κ1) is 16.5. The standard InChI is InChI=1S/C20H19NO2S/c1-3-15-8-10-16(11-9-15)12-18-19(22)21(20(23)24-18)13-17-7-5-4-6-14(17)2/h4-12H,3,13H2,1-2H3/b18-12-. The average Bonchev–Trinajstić information content (AvgIpc) is 2.85. The molecule has 0 N–H and O–H groups in total. The lowest BCUT2D eigenvalue weighted by Gasteiger charge is -2.14. The van der Waals surface area contributed by atoms with E-state index in [2.05, 4.69) is 6.92 Å². The number of thioether (sulfide) groups is 1. The smallest absolute Gasteiger partial charge is 0.268 e. The fourth-order valence-electron chi connectivity index (χ4n) is 2.60. The van der Waals surface area contributed by atoms with E-state index in [1.165, 1.54) is 10.5 Å². The van der Waals surface area contributed by atoms with Gasteiger partial charge in [0.25, 0.3) is 11.1 Å². The van der Waals surface area contributed by atoms with Crippen molar-refractivity contribution in [1.82, 2.24) is 4.90 Å². The molecule has 0 aliphatic carbocycles. The Morgan fingerprint density at radius 1 is 1.04 bits per heavy atom. The third kappa shape index (κ3) is 3.44. The van der Waals surface area contributed by atoms with E-state index in [1.807, 2.05) is 55.5 Å². The topological polar surface area (TPSA) is 37.4 Å². The van der Waals surface area contributed by atoms with Crippen LogP contribution in [0.15, 0.2) is 53.4 Å². The molecule has 1 aliphatic heterocycles. The van der Waals surface area contributed by atoms with Crippen LogP contribution in [0, 0.1) is 6.92 Å². The maximum absolute atomic E-state index is 12.6. The first-order valence-corrected chi connectivity index (χ1v) is 8.79. The second-order valence-electron chi connectivity index (χ2n) is 5.79. The number of carbonyl (C=O) groups excluding carboxylic acids is 2. The van der Waals surface area contributed by atoms with Crippen molar-refractivity contribution in [2.45, 2.75) is 26.8 Å². The minimum Gasteiger partial charge on any atom is -0.268 e. The highest BCUT2D eigenvalue weighted by Crippen LogP contribution is 2.33. The molecule has 1 saturated heterocycles. The monoisotopic (exact) mass is 337 g/mol. The minimum absolute atomic E-state index is 0.209. The van der Waals surface area contributed by atoms with Crippen molar-refractivity contribution in [3.8, 4) is 0 Å². The number of imide groups is 1. The van der Waals surface area contributed by atoms with Gasteiger partial charge in [-0.1, -0.05) is 55.5 Å². The first-order chi connectivity index (χ1) is 11.6. The fraction of sp³-hybridized carbons (Fsp3) is 0.200. The van der Waals surface area contributed by atoms with Crippen LogP contribution in [0.3, 0.4) is 0 Å². The van der Waals surface area contributed by atoms with Crippen molar-refractivity contribution in [3.63, 3.8) is 0 Å². The molecule has 3 nitrogen and oxygen atoms in total. The Labute approximate surface area is 146 Å². The summed E-state index contributed by atoms with van der Waals surface area (Å²) in [5.41, 5.74) is 4.26. The van der Waals surface area contributed by atoms with Crippen molar-refractivity contribution in [2.24, 2.45) is 0 Å². The van der Waals surface area contributed by atoms with Gasteiger partial charge in [-0.25, -0.2) is 0 Å². The summed E-state index contributed by atoms with van der Waals surface area (Å²) >= 11 is 1.01. The largest absolute Gasteiger partial charge is 0.293 e. The Kier molecular flexibility index (Phi) is 4.86. The third-order valence-electron chi connectivity index (χ3n) is 4.15. The summed E-state index contributed by atoms with van der Waals surface area (Å²) in [5.74, 6) is -0.215. The molecule has 0 bridgehead atoms. The molecule has 4 heteroatoms. The molecule has 1 aliphatic rings. The quantitative estimate of drug-likeness (QED) is 0.753. The molecule has 1 heterocycles. The first-order valence-electron chi connectivity index (χ1n) is 7.97. The highest BCUT2D eigenvalue weighted by molar-refractivity contribution is 8.18. The van der Waals surface area contributed by atoms with Crippen LogP contribution in [0.25, 0.3) is 6.08 Å². The van der Waals surface area contributed by atoms with Gasteiger partial charge >= 0.3 is 0 Å². The van der Waals surface area contributed by atoms with E-state index in [-0.39, 0.29) is 11.1 Å². The normalized spacial score (nSPS) is 16.2. The van der Waals surface area contributed by atoms with Crippen LogP contribution >= 0.6 is 11.8 Å². The SMILES string of the molecule is CCc1ccc(/C=C2\SC(=O)N(Cc3ccccc3C)C2=O)cc1. The lowest BCUT2D eigenvalue weighted by atomic mass is 10.1. The van der Waals surface area contributed by atoms with Gasteiger partial charge in [-0.15, -0.1) is 0 Å². The summed E-state index contributed by atoms with van der Waals surface area (Å²) in [6.45, 7) is 4.41. The highest BCUT2D eigenvalue weighted by atomic mass is 32.2. The van der Waals surface area contributed by atoms with Crippen molar-refractivity contribution in [2.75, 3.05) is 0 Å². The summed E-state index contributed by atoms with van der Waals surface area (Å²) in [5, 5.41) is -0.209. The van der Waals surface area contributed by atoms with E-state index in [1.54, 1.807) is 6.08 Å². The van der Waals surface area contributed by atoms with Gasteiger partial charge in [-0.2, -0.15) is 0 Å². The summed E-state index contributed by atoms with van der Waals surface area (Å²) in [4.78, 5) is 26.6. The van der Waals surface area contributed by atoms with Gasteiger partial charge < -0.3 is 0 Å². The van der Waals surface area contributed by atoms with Crippen molar-refractivity contribution >= 4 is 29.0 Å². The summed E-state index contributed by atoms with van der Waals surface area (Å²) in [6.07, 6.45) is 2.77. The Morgan fingerprint density at radius 3 is 2.42 bits per heavy atom. The van der Waals surface area contributed by atoms with Crippen molar-refractivity contribution in [3.05, 3.63) is 75.7 Å². The number of hydrogen-bond acceptors (Lipinski definition) is 3. The predicted octanol–water partition coefficient (Wildman–Crippen LogP) is 4.79. The molecule has 0 radical (unpaired) electrons. The number of hydrogen-bond donors (Lipinski definition) is 0. The summed E-state index contributed by atoms with van der Waals surface area (Å²) in [6, 6.07) is 15.9. The molecule has 1 fully saturated rings. The zero-order valence-corrected chi connectivity index (χ0v) is 14.6. The number of aryl methyl sites for hydroxylation is 2. The lowest BCUT2D eigenvalue weighted by Crippen LogP contribution is -2.27. The molecule has 0 spiro atoms. The van der Waals surface area contributed by atoms with Gasteiger partial charge in [0, 0.05) is 0 Å². The molecule has 2 aromatic rings. The zero-order valence-electron chi connectivity index (χ0n) is 13.8. The number of rotatable bonds is 4. The molecular formula is C20H19NO2S. The van der Waals surface area contributed by atoms with Crippen molar-refractivity contribution in [1.29, 1.82) is 0 Å². The molecule has 0 aromatic heterocycles.